The van der Waals surface area contributed by atoms with Crippen molar-refractivity contribution in [3.63, 3.8) is 0 Å². The summed E-state index contributed by atoms with van der Waals surface area (Å²) in [7, 11) is 0. The molecule has 2 heteroatoms. The first-order valence-electron chi connectivity index (χ1n) is 5.34. The average Bonchev–Trinajstić information content (AvgIpc) is 2.17. The highest BCUT2D eigenvalue weighted by atomic mass is 16.3. The number of piperidine rings is 1. The number of likely N-dealkylation sites (tertiary alicyclic amines) is 1. The zero-order valence-corrected chi connectivity index (χ0v) is 8.58. The Hall–Kier alpha value is -0.340. The average molecular weight is 183 g/mol. The van der Waals surface area contributed by atoms with Crippen molar-refractivity contribution < 1.29 is 5.11 Å². The molecule has 1 rings (SSSR count). The summed E-state index contributed by atoms with van der Waals surface area (Å²) in [5, 5.41) is 8.92. The van der Waals surface area contributed by atoms with E-state index >= 15 is 0 Å². The van der Waals surface area contributed by atoms with Gasteiger partial charge in [0.25, 0.3) is 0 Å². The van der Waals surface area contributed by atoms with Gasteiger partial charge in [-0.25, -0.2) is 0 Å². The normalized spacial score (nSPS) is 25.5. The molecule has 2 nitrogen and oxygen atoms in total. The van der Waals surface area contributed by atoms with Crippen LogP contribution in [0.1, 0.15) is 32.6 Å². The third kappa shape index (κ3) is 3.49. The molecule has 76 valence electrons. The van der Waals surface area contributed by atoms with Gasteiger partial charge in [-0.2, -0.15) is 0 Å². The van der Waals surface area contributed by atoms with Gasteiger partial charge in [0, 0.05) is 19.2 Å². The van der Waals surface area contributed by atoms with Crippen molar-refractivity contribution in [2.24, 2.45) is 0 Å². The van der Waals surface area contributed by atoms with E-state index in [4.69, 9.17) is 5.11 Å². The molecule has 1 heterocycles. The summed E-state index contributed by atoms with van der Waals surface area (Å²) < 4.78 is 0. The fourth-order valence-corrected chi connectivity index (χ4v) is 2.02. The number of hydrogen-bond acceptors (Lipinski definition) is 2. The van der Waals surface area contributed by atoms with Gasteiger partial charge < -0.3 is 5.11 Å². The van der Waals surface area contributed by atoms with Gasteiger partial charge in [-0.15, -0.1) is 0 Å². The first-order chi connectivity index (χ1) is 6.38. The Labute approximate surface area is 81.2 Å². The Bertz CT molecular complexity index is 154. The Morgan fingerprint density at radius 2 is 2.31 bits per heavy atom. The topological polar surface area (TPSA) is 23.5 Å². The molecule has 1 aliphatic heterocycles. The maximum Gasteiger partial charge on any atom is 0.0445 e. The van der Waals surface area contributed by atoms with Crippen molar-refractivity contribution >= 4 is 0 Å². The smallest absolute Gasteiger partial charge is 0.0445 e. The fourth-order valence-electron chi connectivity index (χ4n) is 2.02. The molecule has 0 amide bonds. The largest absolute Gasteiger partial charge is 0.396 e. The predicted molar refractivity (Wildman–Crippen MR) is 55.7 cm³/mol. The number of nitrogens with zero attached hydrogens (tertiary/aromatic N) is 1. The lowest BCUT2D eigenvalue weighted by Crippen LogP contribution is -2.40. The second-order valence-corrected chi connectivity index (χ2v) is 3.73. The molecule has 1 N–H and O–H groups in total. The highest BCUT2D eigenvalue weighted by Crippen LogP contribution is 2.18. The van der Waals surface area contributed by atoms with E-state index in [1.54, 1.807) is 0 Å². The fraction of sp³-hybridized carbons (Fsp3) is 0.818. The molecule has 0 aromatic heterocycles. The van der Waals surface area contributed by atoms with Gasteiger partial charge in [-0.3, -0.25) is 4.90 Å². The van der Waals surface area contributed by atoms with Crippen molar-refractivity contribution in [2.75, 3.05) is 19.7 Å². The molecule has 0 bridgehead atoms. The molecule has 1 unspecified atom stereocenters. The van der Waals surface area contributed by atoms with Crippen LogP contribution in [0.4, 0.5) is 0 Å². The van der Waals surface area contributed by atoms with Crippen molar-refractivity contribution in [1.29, 1.82) is 0 Å². The van der Waals surface area contributed by atoms with Crippen LogP contribution in [0.5, 0.6) is 0 Å². The van der Waals surface area contributed by atoms with Crippen LogP contribution in [-0.2, 0) is 0 Å². The number of hydrogen-bond donors (Lipinski definition) is 1. The summed E-state index contributed by atoms with van der Waals surface area (Å²) >= 11 is 0. The lowest BCUT2D eigenvalue weighted by molar-refractivity contribution is 0.132. The van der Waals surface area contributed by atoms with Gasteiger partial charge in [-0.1, -0.05) is 18.6 Å². The van der Waals surface area contributed by atoms with Crippen LogP contribution >= 0.6 is 0 Å². The minimum Gasteiger partial charge on any atom is -0.396 e. The molecule has 0 aromatic rings. The molecule has 0 aromatic carbocycles. The number of aliphatic hydroxyl groups is 1. The van der Waals surface area contributed by atoms with Crippen LogP contribution in [0.2, 0.25) is 0 Å². The zero-order chi connectivity index (χ0) is 9.52. The Morgan fingerprint density at radius 1 is 1.46 bits per heavy atom. The molecule has 0 aliphatic carbocycles. The second-order valence-electron chi connectivity index (χ2n) is 3.73. The van der Waals surface area contributed by atoms with E-state index in [9.17, 15) is 0 Å². The second kappa shape index (κ2) is 6.17. The molecule has 1 atom stereocenters. The summed E-state index contributed by atoms with van der Waals surface area (Å²) in [5.74, 6) is 0. The van der Waals surface area contributed by atoms with Crippen LogP contribution < -0.4 is 0 Å². The van der Waals surface area contributed by atoms with E-state index < -0.39 is 0 Å². The molecule has 0 saturated carbocycles. The minimum absolute atomic E-state index is 0.330. The SMILES string of the molecule is CC=CCN1CCCCC1CCO. The van der Waals surface area contributed by atoms with Gasteiger partial charge in [-0.05, 0) is 32.7 Å². The van der Waals surface area contributed by atoms with E-state index in [2.05, 4.69) is 24.0 Å². The highest BCUT2D eigenvalue weighted by molar-refractivity contribution is 4.86. The van der Waals surface area contributed by atoms with Crippen LogP contribution in [-0.4, -0.2) is 35.7 Å². The summed E-state index contributed by atoms with van der Waals surface area (Å²) in [4.78, 5) is 2.49. The summed E-state index contributed by atoms with van der Waals surface area (Å²) in [6, 6.07) is 0.620. The molecular formula is C11H21NO. The van der Waals surface area contributed by atoms with Gasteiger partial charge in [0.1, 0.15) is 0 Å². The Morgan fingerprint density at radius 3 is 3.00 bits per heavy atom. The minimum atomic E-state index is 0.330. The summed E-state index contributed by atoms with van der Waals surface area (Å²) in [6.45, 7) is 4.65. The lowest BCUT2D eigenvalue weighted by atomic mass is 10.00. The quantitative estimate of drug-likeness (QED) is 0.672. The van der Waals surface area contributed by atoms with E-state index in [-0.39, 0.29) is 0 Å². The summed E-state index contributed by atoms with van der Waals surface area (Å²) in [6.07, 6.45) is 9.16. The predicted octanol–water partition coefficient (Wildman–Crippen LogP) is 1.80. The van der Waals surface area contributed by atoms with Crippen molar-refractivity contribution in [3.05, 3.63) is 12.2 Å². The van der Waals surface area contributed by atoms with Crippen molar-refractivity contribution in [1.82, 2.24) is 4.90 Å². The third-order valence-electron chi connectivity index (χ3n) is 2.79. The van der Waals surface area contributed by atoms with Crippen molar-refractivity contribution in [2.45, 2.75) is 38.6 Å². The first kappa shape index (κ1) is 10.7. The summed E-state index contributed by atoms with van der Waals surface area (Å²) in [5.41, 5.74) is 0. The van der Waals surface area contributed by atoms with Gasteiger partial charge in [0.2, 0.25) is 0 Å². The number of allylic oxidation sites excluding steroid dienone is 1. The van der Waals surface area contributed by atoms with Crippen molar-refractivity contribution in [3.8, 4) is 0 Å². The van der Waals surface area contributed by atoms with E-state index in [1.807, 2.05) is 0 Å². The van der Waals surface area contributed by atoms with E-state index in [0.717, 1.165) is 13.0 Å². The highest BCUT2D eigenvalue weighted by Gasteiger charge is 2.20. The third-order valence-corrected chi connectivity index (χ3v) is 2.79. The van der Waals surface area contributed by atoms with E-state index in [0.29, 0.717) is 12.6 Å². The van der Waals surface area contributed by atoms with E-state index in [1.165, 1.54) is 25.8 Å². The van der Waals surface area contributed by atoms with Gasteiger partial charge in [0.15, 0.2) is 0 Å². The molecule has 13 heavy (non-hydrogen) atoms. The molecule has 0 spiro atoms. The zero-order valence-electron chi connectivity index (χ0n) is 8.58. The molecule has 1 fully saturated rings. The molecule has 1 saturated heterocycles. The maximum absolute atomic E-state index is 8.92. The Kier molecular flexibility index (Phi) is 5.09. The van der Waals surface area contributed by atoms with Crippen LogP contribution in [0.25, 0.3) is 0 Å². The Balaban J connectivity index is 2.36. The van der Waals surface area contributed by atoms with Gasteiger partial charge >= 0.3 is 0 Å². The first-order valence-corrected chi connectivity index (χ1v) is 5.34. The standard InChI is InChI=1S/C11H21NO/c1-2-3-8-12-9-5-4-6-11(12)7-10-13/h2-3,11,13H,4-10H2,1H3. The molecule has 0 radical (unpaired) electrons. The monoisotopic (exact) mass is 183 g/mol. The van der Waals surface area contributed by atoms with Crippen LogP contribution in [0, 0.1) is 0 Å². The number of rotatable bonds is 4. The van der Waals surface area contributed by atoms with Gasteiger partial charge in [0.05, 0.1) is 0 Å². The van der Waals surface area contributed by atoms with Crippen LogP contribution in [0.15, 0.2) is 12.2 Å². The molecular weight excluding hydrogens is 162 g/mol. The molecule has 1 aliphatic rings. The lowest BCUT2D eigenvalue weighted by Gasteiger charge is -2.34. The maximum atomic E-state index is 8.92. The number of aliphatic hydroxyl groups excluding tert-OH is 1. The van der Waals surface area contributed by atoms with Crippen LogP contribution in [0.3, 0.4) is 0 Å².